The molecule has 0 aromatic carbocycles. The summed E-state index contributed by atoms with van der Waals surface area (Å²) in [6, 6.07) is 0.0585. The average molecular weight is 227 g/mol. The van der Waals surface area contributed by atoms with E-state index in [9.17, 15) is 4.79 Å². The van der Waals surface area contributed by atoms with Crippen LogP contribution < -0.4 is 15.6 Å². The van der Waals surface area contributed by atoms with Crippen molar-refractivity contribution in [2.45, 2.75) is 19.9 Å². The van der Waals surface area contributed by atoms with E-state index in [4.69, 9.17) is 9.47 Å². The second-order valence-corrected chi connectivity index (χ2v) is 3.32. The second-order valence-electron chi connectivity index (χ2n) is 3.32. The molecular weight excluding hydrogens is 210 g/mol. The molecule has 0 spiro atoms. The Bertz CT molecular complexity index is 378. The van der Waals surface area contributed by atoms with Gasteiger partial charge in [-0.25, -0.2) is 4.98 Å². The largest absolute Gasteiger partial charge is 0.489 e. The first kappa shape index (κ1) is 12.5. The predicted molar refractivity (Wildman–Crippen MR) is 61.0 cm³/mol. The molecule has 2 N–H and O–H groups in total. The number of rotatable bonds is 6. The van der Waals surface area contributed by atoms with E-state index >= 15 is 0 Å². The zero-order chi connectivity index (χ0) is 12.0. The van der Waals surface area contributed by atoms with Gasteiger partial charge < -0.3 is 19.8 Å². The summed E-state index contributed by atoms with van der Waals surface area (Å²) in [5.41, 5.74) is -0.302. The van der Waals surface area contributed by atoms with Gasteiger partial charge in [-0.1, -0.05) is 0 Å². The Kier molecular flexibility index (Phi) is 4.78. The summed E-state index contributed by atoms with van der Waals surface area (Å²) in [5.74, 6) is 0.615. The zero-order valence-electron chi connectivity index (χ0n) is 9.74. The van der Waals surface area contributed by atoms with Crippen molar-refractivity contribution in [3.63, 3.8) is 0 Å². The Morgan fingerprint density at radius 2 is 2.38 bits per heavy atom. The van der Waals surface area contributed by atoms with Crippen LogP contribution in [-0.4, -0.2) is 36.3 Å². The Morgan fingerprint density at radius 3 is 3.00 bits per heavy atom. The molecule has 1 unspecified atom stereocenters. The molecule has 0 aliphatic heterocycles. The third-order valence-corrected chi connectivity index (χ3v) is 1.97. The lowest BCUT2D eigenvalue weighted by atomic mass is 10.3. The van der Waals surface area contributed by atoms with Crippen LogP contribution in [0.2, 0.25) is 0 Å². The minimum absolute atomic E-state index is 0.0585. The van der Waals surface area contributed by atoms with Crippen molar-refractivity contribution in [3.8, 4) is 5.75 Å². The number of methoxy groups -OCH3 is 1. The first-order valence-corrected chi connectivity index (χ1v) is 5.15. The van der Waals surface area contributed by atoms with Gasteiger partial charge in [0.25, 0.3) is 5.56 Å². The van der Waals surface area contributed by atoms with Crippen LogP contribution in [0.15, 0.2) is 11.1 Å². The third-order valence-electron chi connectivity index (χ3n) is 1.97. The monoisotopic (exact) mass is 227 g/mol. The minimum Gasteiger partial charge on any atom is -0.489 e. The molecule has 0 amide bonds. The Hall–Kier alpha value is -1.56. The molecule has 1 aromatic heterocycles. The number of aromatic amines is 1. The second kappa shape index (κ2) is 6.12. The van der Waals surface area contributed by atoms with E-state index in [2.05, 4.69) is 15.3 Å². The molecule has 1 heterocycles. The molecule has 0 saturated carbocycles. The topological polar surface area (TPSA) is 76.2 Å². The number of hydrogen-bond acceptors (Lipinski definition) is 5. The van der Waals surface area contributed by atoms with E-state index in [0.29, 0.717) is 19.0 Å². The summed E-state index contributed by atoms with van der Waals surface area (Å²) >= 11 is 0. The van der Waals surface area contributed by atoms with Crippen molar-refractivity contribution in [2.24, 2.45) is 0 Å². The van der Waals surface area contributed by atoms with Gasteiger partial charge in [-0.15, -0.1) is 0 Å². The molecule has 1 aromatic rings. The SMILES string of the molecule is CCOCC(C)Nc1nc[nH]c(=O)c1OC. The summed E-state index contributed by atoms with van der Waals surface area (Å²) in [4.78, 5) is 17.8. The number of anilines is 1. The third kappa shape index (κ3) is 3.23. The van der Waals surface area contributed by atoms with Crippen LogP contribution >= 0.6 is 0 Å². The molecule has 1 atom stereocenters. The van der Waals surface area contributed by atoms with Crippen molar-refractivity contribution in [1.82, 2.24) is 9.97 Å². The molecule has 0 aliphatic rings. The van der Waals surface area contributed by atoms with Gasteiger partial charge >= 0.3 is 0 Å². The van der Waals surface area contributed by atoms with Crippen LogP contribution in [0.4, 0.5) is 5.82 Å². The number of nitrogens with one attached hydrogen (secondary N) is 2. The molecule has 16 heavy (non-hydrogen) atoms. The van der Waals surface area contributed by atoms with Crippen LogP contribution in [0, 0.1) is 0 Å². The van der Waals surface area contributed by atoms with Crippen LogP contribution in [-0.2, 0) is 4.74 Å². The highest BCUT2D eigenvalue weighted by molar-refractivity contribution is 5.48. The Morgan fingerprint density at radius 1 is 1.62 bits per heavy atom. The summed E-state index contributed by atoms with van der Waals surface area (Å²) in [6.45, 7) is 5.08. The lowest BCUT2D eigenvalue weighted by molar-refractivity contribution is 0.141. The highest BCUT2D eigenvalue weighted by atomic mass is 16.5. The Labute approximate surface area is 94.0 Å². The van der Waals surface area contributed by atoms with Gasteiger partial charge in [0.2, 0.25) is 5.75 Å². The number of ether oxygens (including phenoxy) is 2. The van der Waals surface area contributed by atoms with Crippen molar-refractivity contribution >= 4 is 5.82 Å². The van der Waals surface area contributed by atoms with Crippen molar-refractivity contribution in [1.29, 1.82) is 0 Å². The maximum Gasteiger partial charge on any atom is 0.295 e. The lowest BCUT2D eigenvalue weighted by Crippen LogP contribution is -2.24. The maximum atomic E-state index is 11.4. The van der Waals surface area contributed by atoms with E-state index < -0.39 is 0 Å². The quantitative estimate of drug-likeness (QED) is 0.745. The van der Waals surface area contributed by atoms with E-state index in [1.807, 2.05) is 13.8 Å². The number of aromatic nitrogens is 2. The highest BCUT2D eigenvalue weighted by Crippen LogP contribution is 2.15. The summed E-state index contributed by atoms with van der Waals surface area (Å²) in [7, 11) is 1.44. The van der Waals surface area contributed by atoms with Crippen molar-refractivity contribution < 1.29 is 9.47 Å². The first-order valence-electron chi connectivity index (χ1n) is 5.15. The van der Waals surface area contributed by atoms with Gasteiger partial charge in [-0.3, -0.25) is 4.79 Å². The van der Waals surface area contributed by atoms with E-state index in [1.54, 1.807) is 0 Å². The molecule has 0 radical (unpaired) electrons. The van der Waals surface area contributed by atoms with E-state index in [0.717, 1.165) is 0 Å². The molecule has 1 rings (SSSR count). The molecule has 0 bridgehead atoms. The van der Waals surface area contributed by atoms with Crippen LogP contribution in [0.25, 0.3) is 0 Å². The molecule has 6 heteroatoms. The first-order chi connectivity index (χ1) is 7.69. The van der Waals surface area contributed by atoms with Crippen LogP contribution in [0.1, 0.15) is 13.8 Å². The smallest absolute Gasteiger partial charge is 0.295 e. The molecule has 0 fully saturated rings. The standard InChI is InChI=1S/C10H17N3O3/c1-4-16-5-7(2)13-9-8(15-3)10(14)12-6-11-9/h6-7H,4-5H2,1-3H3,(H2,11,12,13,14). The predicted octanol–water partition coefficient (Wildman–Crippen LogP) is 0.615. The molecule has 0 saturated heterocycles. The fourth-order valence-corrected chi connectivity index (χ4v) is 1.25. The average Bonchev–Trinajstić information content (AvgIpc) is 2.27. The maximum absolute atomic E-state index is 11.4. The molecule has 0 aliphatic carbocycles. The van der Waals surface area contributed by atoms with Crippen molar-refractivity contribution in [2.75, 3.05) is 25.6 Å². The molecular formula is C10H17N3O3. The van der Waals surface area contributed by atoms with E-state index in [1.165, 1.54) is 13.4 Å². The van der Waals surface area contributed by atoms with Crippen LogP contribution in [0.3, 0.4) is 0 Å². The van der Waals surface area contributed by atoms with Crippen LogP contribution in [0.5, 0.6) is 5.75 Å². The molecule has 90 valence electrons. The Balaban J connectivity index is 2.73. The van der Waals surface area contributed by atoms with Crippen molar-refractivity contribution in [3.05, 3.63) is 16.7 Å². The molecule has 6 nitrogen and oxygen atoms in total. The van der Waals surface area contributed by atoms with Gasteiger partial charge in [0, 0.05) is 12.6 Å². The lowest BCUT2D eigenvalue weighted by Gasteiger charge is -2.15. The number of nitrogens with zero attached hydrogens (tertiary/aromatic N) is 1. The normalized spacial score (nSPS) is 12.2. The van der Waals surface area contributed by atoms with Gasteiger partial charge in [0.05, 0.1) is 20.0 Å². The summed E-state index contributed by atoms with van der Waals surface area (Å²) in [5, 5.41) is 3.06. The number of hydrogen-bond donors (Lipinski definition) is 2. The highest BCUT2D eigenvalue weighted by Gasteiger charge is 2.11. The number of H-pyrrole nitrogens is 1. The fourth-order valence-electron chi connectivity index (χ4n) is 1.25. The van der Waals surface area contributed by atoms with E-state index in [-0.39, 0.29) is 17.4 Å². The van der Waals surface area contributed by atoms with Gasteiger partial charge in [-0.05, 0) is 13.8 Å². The summed E-state index contributed by atoms with van der Waals surface area (Å²) in [6.07, 6.45) is 1.33. The van der Waals surface area contributed by atoms with Gasteiger partial charge in [0.1, 0.15) is 0 Å². The zero-order valence-corrected chi connectivity index (χ0v) is 9.74. The van der Waals surface area contributed by atoms with Gasteiger partial charge in [0.15, 0.2) is 5.82 Å². The fraction of sp³-hybridized carbons (Fsp3) is 0.600. The van der Waals surface area contributed by atoms with Gasteiger partial charge in [-0.2, -0.15) is 0 Å². The minimum atomic E-state index is -0.302. The summed E-state index contributed by atoms with van der Waals surface area (Å²) < 4.78 is 10.2.